The molecule has 2 aromatic heterocycles. The summed E-state index contributed by atoms with van der Waals surface area (Å²) in [6.07, 6.45) is 3.13. The van der Waals surface area contributed by atoms with Crippen LogP contribution in [0, 0.1) is 11.3 Å². The molecule has 0 aliphatic carbocycles. The van der Waals surface area contributed by atoms with Crippen LogP contribution in [0.25, 0.3) is 11.1 Å². The molecule has 0 bridgehead atoms. The summed E-state index contributed by atoms with van der Waals surface area (Å²) in [5.74, 6) is -0.648. The van der Waals surface area contributed by atoms with E-state index in [1.54, 1.807) is 48.8 Å². The number of carbonyl (C=O) groups excluding carboxylic acids is 2. The van der Waals surface area contributed by atoms with Crippen molar-refractivity contribution in [1.29, 1.82) is 5.26 Å². The van der Waals surface area contributed by atoms with Crippen LogP contribution in [0.2, 0.25) is 0 Å². The van der Waals surface area contributed by atoms with Crippen LogP contribution < -0.4 is 16.4 Å². The minimum Gasteiger partial charge on any atom is -0.383 e. The number of nitrogens with one attached hydrogen (secondary N) is 2. The molecule has 3 rings (SSSR count). The Hall–Kier alpha value is -3.90. The molecule has 2 amide bonds. The average Bonchev–Trinajstić information content (AvgIpc) is 2.77. The quantitative estimate of drug-likeness (QED) is 0.473. The Morgan fingerprint density at radius 1 is 1.16 bits per heavy atom. The molecular weight excluding hydrogens is 424 g/mol. The van der Waals surface area contributed by atoms with Crippen molar-refractivity contribution in [3.63, 3.8) is 0 Å². The predicted molar refractivity (Wildman–Crippen MR) is 125 cm³/mol. The molecular formula is C23H22N6O2S. The molecule has 8 nitrogen and oxygen atoms in total. The van der Waals surface area contributed by atoms with E-state index in [4.69, 9.17) is 5.73 Å². The summed E-state index contributed by atoms with van der Waals surface area (Å²) in [6, 6.07) is 14.4. The van der Waals surface area contributed by atoms with Gasteiger partial charge in [-0.05, 0) is 43.7 Å². The van der Waals surface area contributed by atoms with E-state index in [9.17, 15) is 14.9 Å². The van der Waals surface area contributed by atoms with Gasteiger partial charge in [-0.25, -0.2) is 4.98 Å². The first-order valence-corrected chi connectivity index (χ1v) is 10.8. The number of aromatic nitrogens is 2. The van der Waals surface area contributed by atoms with Crippen molar-refractivity contribution in [2.75, 3.05) is 16.8 Å². The van der Waals surface area contributed by atoms with Crippen LogP contribution >= 0.6 is 11.8 Å². The molecule has 3 aromatic rings. The summed E-state index contributed by atoms with van der Waals surface area (Å²) in [5, 5.41) is 15.8. The molecule has 0 saturated carbocycles. The van der Waals surface area contributed by atoms with E-state index < -0.39 is 5.91 Å². The van der Waals surface area contributed by atoms with Gasteiger partial charge in [0, 0.05) is 29.7 Å². The molecule has 0 radical (unpaired) electrons. The summed E-state index contributed by atoms with van der Waals surface area (Å²) in [4.78, 5) is 33.6. The highest BCUT2D eigenvalue weighted by molar-refractivity contribution is 8.00. The highest BCUT2D eigenvalue weighted by Gasteiger charge is 2.25. The van der Waals surface area contributed by atoms with Crippen LogP contribution in [0.15, 0.2) is 59.9 Å². The van der Waals surface area contributed by atoms with Crippen molar-refractivity contribution in [2.24, 2.45) is 0 Å². The van der Waals surface area contributed by atoms with Gasteiger partial charge in [-0.2, -0.15) is 5.26 Å². The maximum absolute atomic E-state index is 13.2. The maximum atomic E-state index is 13.2. The topological polar surface area (TPSA) is 134 Å². The molecule has 0 unspecified atom stereocenters. The summed E-state index contributed by atoms with van der Waals surface area (Å²) in [5.41, 5.74) is 8.00. The van der Waals surface area contributed by atoms with E-state index in [1.165, 1.54) is 0 Å². The third-order valence-corrected chi connectivity index (χ3v) is 5.30. The number of anilines is 2. The number of para-hydroxylation sites is 1. The van der Waals surface area contributed by atoms with E-state index in [-0.39, 0.29) is 39.7 Å². The fourth-order valence-electron chi connectivity index (χ4n) is 3.04. The fourth-order valence-corrected chi connectivity index (χ4v) is 3.85. The molecule has 0 aliphatic rings. The van der Waals surface area contributed by atoms with Gasteiger partial charge in [0.05, 0.1) is 16.9 Å². The Morgan fingerprint density at radius 2 is 1.84 bits per heavy atom. The molecule has 0 fully saturated rings. The number of nitrogens with two attached hydrogens (primary N) is 1. The number of rotatable bonds is 7. The summed E-state index contributed by atoms with van der Waals surface area (Å²) < 4.78 is 0. The smallest absolute Gasteiger partial charge is 0.260 e. The molecule has 1 aromatic carbocycles. The predicted octanol–water partition coefficient (Wildman–Crippen LogP) is 3.47. The monoisotopic (exact) mass is 446 g/mol. The molecule has 162 valence electrons. The van der Waals surface area contributed by atoms with Crippen LogP contribution in [0.1, 0.15) is 29.8 Å². The van der Waals surface area contributed by atoms with Crippen LogP contribution in [-0.2, 0) is 4.79 Å². The van der Waals surface area contributed by atoms with Gasteiger partial charge in [-0.1, -0.05) is 30.0 Å². The number of hydrogen-bond acceptors (Lipinski definition) is 7. The van der Waals surface area contributed by atoms with Gasteiger partial charge >= 0.3 is 0 Å². The van der Waals surface area contributed by atoms with E-state index >= 15 is 0 Å². The number of nitrogen functional groups attached to an aromatic ring is 1. The highest BCUT2D eigenvalue weighted by atomic mass is 32.2. The lowest BCUT2D eigenvalue weighted by atomic mass is 9.96. The lowest BCUT2D eigenvalue weighted by molar-refractivity contribution is -0.119. The Kier molecular flexibility index (Phi) is 7.41. The van der Waals surface area contributed by atoms with Crippen molar-refractivity contribution in [3.8, 4) is 17.2 Å². The van der Waals surface area contributed by atoms with E-state index in [1.807, 2.05) is 19.9 Å². The van der Waals surface area contributed by atoms with Gasteiger partial charge in [0.15, 0.2) is 0 Å². The van der Waals surface area contributed by atoms with Crippen molar-refractivity contribution in [3.05, 3.63) is 66.0 Å². The molecule has 0 saturated heterocycles. The Labute approximate surface area is 190 Å². The number of hydrogen-bond donors (Lipinski definition) is 3. The highest BCUT2D eigenvalue weighted by Crippen LogP contribution is 2.36. The minimum atomic E-state index is -0.487. The zero-order valence-electron chi connectivity index (χ0n) is 17.6. The first kappa shape index (κ1) is 22.8. The summed E-state index contributed by atoms with van der Waals surface area (Å²) >= 11 is 1.10. The second-order valence-corrected chi connectivity index (χ2v) is 8.07. The third kappa shape index (κ3) is 5.42. The molecule has 2 heterocycles. The number of nitriles is 1. The number of amides is 2. The molecule has 0 aliphatic heterocycles. The fraction of sp³-hybridized carbons (Fsp3) is 0.174. The molecule has 4 N–H and O–H groups in total. The van der Waals surface area contributed by atoms with Crippen molar-refractivity contribution in [2.45, 2.75) is 24.9 Å². The third-order valence-electron chi connectivity index (χ3n) is 4.32. The number of carbonyl (C=O) groups is 2. The van der Waals surface area contributed by atoms with Crippen molar-refractivity contribution < 1.29 is 9.59 Å². The second-order valence-electron chi connectivity index (χ2n) is 7.11. The minimum absolute atomic E-state index is 0.00648. The van der Waals surface area contributed by atoms with Gasteiger partial charge in [-0.15, -0.1) is 0 Å². The van der Waals surface area contributed by atoms with Crippen LogP contribution in [-0.4, -0.2) is 33.6 Å². The van der Waals surface area contributed by atoms with Crippen molar-refractivity contribution >= 4 is 35.1 Å². The number of nitrogens with zero attached hydrogens (tertiary/aromatic N) is 3. The number of thioether (sulfide) groups is 1. The average molecular weight is 447 g/mol. The van der Waals surface area contributed by atoms with Crippen LogP contribution in [0.5, 0.6) is 0 Å². The number of benzene rings is 1. The van der Waals surface area contributed by atoms with Gasteiger partial charge in [0.25, 0.3) is 5.91 Å². The number of pyridine rings is 2. The van der Waals surface area contributed by atoms with Crippen molar-refractivity contribution in [1.82, 2.24) is 15.3 Å². The second kappa shape index (κ2) is 10.4. The Bertz CT molecular complexity index is 1160. The zero-order valence-corrected chi connectivity index (χ0v) is 18.4. The van der Waals surface area contributed by atoms with Gasteiger partial charge in [0.2, 0.25) is 5.91 Å². The molecule has 0 spiro atoms. The first-order chi connectivity index (χ1) is 15.4. The van der Waals surface area contributed by atoms with Crippen LogP contribution in [0.4, 0.5) is 11.5 Å². The lowest BCUT2D eigenvalue weighted by Crippen LogP contribution is -2.31. The van der Waals surface area contributed by atoms with Gasteiger partial charge in [-0.3, -0.25) is 14.6 Å². The molecule has 0 atom stereocenters. The van der Waals surface area contributed by atoms with E-state index in [0.29, 0.717) is 16.8 Å². The summed E-state index contributed by atoms with van der Waals surface area (Å²) in [7, 11) is 0. The molecule has 9 heteroatoms. The lowest BCUT2D eigenvalue weighted by Gasteiger charge is -2.17. The van der Waals surface area contributed by atoms with E-state index in [0.717, 1.165) is 11.8 Å². The first-order valence-electron chi connectivity index (χ1n) is 9.83. The van der Waals surface area contributed by atoms with Gasteiger partial charge in [0.1, 0.15) is 16.9 Å². The molecule has 32 heavy (non-hydrogen) atoms. The summed E-state index contributed by atoms with van der Waals surface area (Å²) in [6.45, 7) is 3.72. The van der Waals surface area contributed by atoms with Crippen LogP contribution in [0.3, 0.4) is 0 Å². The zero-order chi connectivity index (χ0) is 23.1. The van der Waals surface area contributed by atoms with Gasteiger partial charge < -0.3 is 16.4 Å². The SMILES string of the molecule is CC(C)NC(=O)CSc1nc(N)c(C(=O)Nc2ccccc2)c(-c2ccncc2)c1C#N. The standard InChI is InChI=1S/C23H22N6O2S/c1-14(2)27-18(30)13-32-23-17(12-24)19(15-8-10-26-11-9-15)20(21(25)29-23)22(31)28-16-6-4-3-5-7-16/h3-11,14H,13H2,1-2H3,(H2,25,29)(H,27,30)(H,28,31). The van der Waals surface area contributed by atoms with E-state index in [2.05, 4.69) is 26.7 Å². The Balaban J connectivity index is 2.08. The Morgan fingerprint density at radius 3 is 2.47 bits per heavy atom. The normalized spacial score (nSPS) is 10.4. The largest absolute Gasteiger partial charge is 0.383 e. The maximum Gasteiger partial charge on any atom is 0.260 e.